The Kier molecular flexibility index (Phi) is 2.26. The van der Waals surface area contributed by atoms with Crippen LogP contribution in [0.2, 0.25) is 0 Å². The number of hydrogen-bond acceptors (Lipinski definition) is 4. The Balaban J connectivity index is 2.60. The van der Waals surface area contributed by atoms with Gasteiger partial charge in [0.1, 0.15) is 6.73 Å². The second-order valence-electron chi connectivity index (χ2n) is 2.87. The molecule has 2 amide bonds. The number of fused-ring (bicyclic) bond motifs is 1. The highest BCUT2D eigenvalue weighted by Crippen LogP contribution is 2.24. The molecule has 0 saturated heterocycles. The molecule has 0 aliphatic carbocycles. The number of carbonyl (C=O) groups excluding carboxylic acids is 2. The van der Waals surface area contributed by atoms with E-state index in [-0.39, 0.29) is 17.9 Å². The van der Waals surface area contributed by atoms with Crippen molar-refractivity contribution in [3.05, 3.63) is 29.3 Å². The monoisotopic (exact) mass is 205 g/mol. The standard InChI is InChI=1S/C9H7N3O3/c13-4-10-6-3-1-2-5-7(6)9(15)12-11-8(5)14/h1-3,10,13H,4H2. The summed E-state index contributed by atoms with van der Waals surface area (Å²) in [5, 5.41) is 17.7. The summed E-state index contributed by atoms with van der Waals surface area (Å²) < 4.78 is 0. The van der Waals surface area contributed by atoms with E-state index in [2.05, 4.69) is 15.5 Å². The highest BCUT2D eigenvalue weighted by molar-refractivity contribution is 6.13. The summed E-state index contributed by atoms with van der Waals surface area (Å²) in [4.78, 5) is 22.7. The van der Waals surface area contributed by atoms with Gasteiger partial charge >= 0.3 is 0 Å². The van der Waals surface area contributed by atoms with E-state index in [1.54, 1.807) is 12.1 Å². The van der Waals surface area contributed by atoms with Gasteiger partial charge in [-0.05, 0) is 12.1 Å². The van der Waals surface area contributed by atoms with Gasteiger partial charge in [-0.2, -0.15) is 0 Å². The van der Waals surface area contributed by atoms with Gasteiger partial charge < -0.3 is 10.4 Å². The molecule has 1 heterocycles. The molecule has 1 aromatic carbocycles. The molecule has 0 atom stereocenters. The van der Waals surface area contributed by atoms with Crippen molar-refractivity contribution in [1.29, 1.82) is 0 Å². The minimum Gasteiger partial charge on any atom is -0.377 e. The molecule has 2 rings (SSSR count). The average molecular weight is 205 g/mol. The number of azo groups is 1. The van der Waals surface area contributed by atoms with Gasteiger partial charge in [-0.25, -0.2) is 0 Å². The second kappa shape index (κ2) is 3.58. The Hall–Kier alpha value is -2.08. The summed E-state index contributed by atoms with van der Waals surface area (Å²) in [7, 11) is 0. The Bertz CT molecular complexity index is 468. The number of aliphatic hydroxyl groups is 1. The SMILES string of the molecule is O=C1N=NC(=O)c2c(NCO)cccc21. The van der Waals surface area contributed by atoms with E-state index >= 15 is 0 Å². The maximum Gasteiger partial charge on any atom is 0.298 e. The molecule has 1 aliphatic heterocycles. The minimum atomic E-state index is -0.582. The molecular weight excluding hydrogens is 198 g/mol. The van der Waals surface area contributed by atoms with Crippen LogP contribution in [0.1, 0.15) is 20.7 Å². The van der Waals surface area contributed by atoms with Crippen LogP contribution in [-0.2, 0) is 0 Å². The third kappa shape index (κ3) is 1.50. The zero-order valence-corrected chi connectivity index (χ0v) is 7.60. The fourth-order valence-corrected chi connectivity index (χ4v) is 1.39. The van der Waals surface area contributed by atoms with E-state index in [0.29, 0.717) is 5.69 Å². The molecule has 0 radical (unpaired) electrons. The maximum absolute atomic E-state index is 11.4. The lowest BCUT2D eigenvalue weighted by Gasteiger charge is -2.12. The molecule has 15 heavy (non-hydrogen) atoms. The van der Waals surface area contributed by atoms with Crippen LogP contribution in [0.5, 0.6) is 0 Å². The predicted molar refractivity (Wildman–Crippen MR) is 50.7 cm³/mol. The quantitative estimate of drug-likeness (QED) is 0.698. The second-order valence-corrected chi connectivity index (χ2v) is 2.87. The molecule has 0 fully saturated rings. The zero-order valence-electron chi connectivity index (χ0n) is 7.60. The minimum absolute atomic E-state index is 0.159. The van der Waals surface area contributed by atoms with Crippen LogP contribution in [0.4, 0.5) is 5.69 Å². The molecule has 76 valence electrons. The van der Waals surface area contributed by atoms with Crippen molar-refractivity contribution in [2.75, 3.05) is 12.0 Å². The van der Waals surface area contributed by atoms with Gasteiger partial charge in [-0.15, -0.1) is 10.2 Å². The largest absolute Gasteiger partial charge is 0.377 e. The van der Waals surface area contributed by atoms with Crippen LogP contribution in [0.25, 0.3) is 0 Å². The first-order chi connectivity index (χ1) is 7.24. The van der Waals surface area contributed by atoms with Crippen LogP contribution in [-0.4, -0.2) is 23.7 Å². The first-order valence-electron chi connectivity index (χ1n) is 4.22. The molecule has 6 heteroatoms. The highest BCUT2D eigenvalue weighted by Gasteiger charge is 2.24. The van der Waals surface area contributed by atoms with Crippen molar-refractivity contribution >= 4 is 17.5 Å². The van der Waals surface area contributed by atoms with Crippen LogP contribution >= 0.6 is 0 Å². The lowest BCUT2D eigenvalue weighted by molar-refractivity contribution is 0.0921. The van der Waals surface area contributed by atoms with E-state index in [4.69, 9.17) is 5.11 Å². The van der Waals surface area contributed by atoms with Gasteiger partial charge in [0.25, 0.3) is 11.8 Å². The van der Waals surface area contributed by atoms with E-state index in [1.165, 1.54) is 6.07 Å². The summed E-state index contributed by atoms with van der Waals surface area (Å²) in [5.41, 5.74) is 0.743. The molecule has 6 nitrogen and oxygen atoms in total. The molecule has 2 N–H and O–H groups in total. The van der Waals surface area contributed by atoms with Crippen molar-refractivity contribution in [1.82, 2.24) is 0 Å². The fraction of sp³-hybridized carbons (Fsp3) is 0.111. The summed E-state index contributed by atoms with van der Waals surface area (Å²) in [5.74, 6) is -1.13. The molecule has 0 aromatic heterocycles. The lowest BCUT2D eigenvalue weighted by atomic mass is 10.0. The average Bonchev–Trinajstić information content (AvgIpc) is 2.24. The number of hydrogen-bond donors (Lipinski definition) is 2. The van der Waals surface area contributed by atoms with Gasteiger partial charge in [-0.1, -0.05) is 6.07 Å². The first-order valence-corrected chi connectivity index (χ1v) is 4.22. The highest BCUT2D eigenvalue weighted by atomic mass is 16.3. The lowest BCUT2D eigenvalue weighted by Crippen LogP contribution is -2.14. The van der Waals surface area contributed by atoms with E-state index in [1.807, 2.05) is 0 Å². The number of nitrogens with one attached hydrogen (secondary N) is 1. The van der Waals surface area contributed by atoms with Crippen LogP contribution < -0.4 is 5.32 Å². The van der Waals surface area contributed by atoms with E-state index in [9.17, 15) is 9.59 Å². The molecule has 0 unspecified atom stereocenters. The predicted octanol–water partition coefficient (Wildman–Crippen LogP) is 0.794. The summed E-state index contributed by atoms with van der Waals surface area (Å²) in [6.45, 7) is -0.324. The van der Waals surface area contributed by atoms with Crippen molar-refractivity contribution in [3.63, 3.8) is 0 Å². The van der Waals surface area contributed by atoms with Crippen LogP contribution in [0.3, 0.4) is 0 Å². The van der Waals surface area contributed by atoms with Crippen molar-refractivity contribution < 1.29 is 14.7 Å². The number of rotatable bonds is 2. The van der Waals surface area contributed by atoms with Crippen molar-refractivity contribution in [3.8, 4) is 0 Å². The van der Waals surface area contributed by atoms with Gasteiger partial charge in [0, 0.05) is 5.69 Å². The number of nitrogens with zero attached hydrogens (tertiary/aromatic N) is 2. The Morgan fingerprint density at radius 2 is 1.93 bits per heavy atom. The van der Waals surface area contributed by atoms with Gasteiger partial charge in [0.05, 0.1) is 11.1 Å². The van der Waals surface area contributed by atoms with Gasteiger partial charge in [0.15, 0.2) is 0 Å². The van der Waals surface area contributed by atoms with E-state index in [0.717, 1.165) is 0 Å². The number of amides is 2. The first kappa shape index (κ1) is 9.47. The fourth-order valence-electron chi connectivity index (χ4n) is 1.39. The van der Waals surface area contributed by atoms with Crippen molar-refractivity contribution in [2.45, 2.75) is 0 Å². The molecule has 1 aliphatic rings. The van der Waals surface area contributed by atoms with Crippen LogP contribution in [0.15, 0.2) is 28.4 Å². The molecule has 0 spiro atoms. The number of benzene rings is 1. The van der Waals surface area contributed by atoms with Crippen molar-refractivity contribution in [2.24, 2.45) is 10.2 Å². The Morgan fingerprint density at radius 1 is 1.20 bits per heavy atom. The summed E-state index contributed by atoms with van der Waals surface area (Å²) in [6.07, 6.45) is 0. The maximum atomic E-state index is 11.4. The Morgan fingerprint density at radius 3 is 2.67 bits per heavy atom. The number of aliphatic hydroxyl groups excluding tert-OH is 1. The van der Waals surface area contributed by atoms with Gasteiger partial charge in [0.2, 0.25) is 0 Å². The molecule has 0 bridgehead atoms. The van der Waals surface area contributed by atoms with Crippen LogP contribution in [0, 0.1) is 0 Å². The number of carbonyl (C=O) groups is 2. The third-order valence-electron chi connectivity index (χ3n) is 2.01. The number of anilines is 1. The Labute approximate surface area is 84.6 Å². The van der Waals surface area contributed by atoms with E-state index < -0.39 is 11.8 Å². The molecular formula is C9H7N3O3. The normalized spacial score (nSPS) is 13.9. The summed E-state index contributed by atoms with van der Waals surface area (Å²) >= 11 is 0. The zero-order chi connectivity index (χ0) is 10.8. The third-order valence-corrected chi connectivity index (χ3v) is 2.01. The summed E-state index contributed by atoms with van der Waals surface area (Å²) in [6, 6.07) is 4.68. The smallest absolute Gasteiger partial charge is 0.298 e. The topological polar surface area (TPSA) is 91.1 Å². The molecule has 1 aromatic rings. The van der Waals surface area contributed by atoms with Gasteiger partial charge in [-0.3, -0.25) is 9.59 Å². The molecule has 0 saturated carbocycles.